The Labute approximate surface area is 114 Å². The number of hydrogen-bond acceptors (Lipinski definition) is 5. The van der Waals surface area contributed by atoms with E-state index in [0.717, 1.165) is 4.68 Å². The molecule has 0 fully saturated rings. The van der Waals surface area contributed by atoms with E-state index in [9.17, 15) is 14.7 Å². The zero-order valence-corrected chi connectivity index (χ0v) is 10.7. The van der Waals surface area contributed by atoms with Gasteiger partial charge in [-0.25, -0.2) is 9.48 Å². The average Bonchev–Trinajstić information content (AvgIpc) is 2.41. The Morgan fingerprint density at radius 3 is 2.80 bits per heavy atom. The van der Waals surface area contributed by atoms with Crippen LogP contribution in [0.2, 0.25) is 0 Å². The molecule has 20 heavy (non-hydrogen) atoms. The number of carbonyl (C=O) groups is 1. The fourth-order valence-corrected chi connectivity index (χ4v) is 1.83. The largest absolute Gasteiger partial charge is 0.480 e. The molecule has 1 heterocycles. The van der Waals surface area contributed by atoms with Crippen molar-refractivity contribution in [2.24, 2.45) is 0 Å². The maximum atomic E-state index is 11.7. The molecule has 7 nitrogen and oxygen atoms in total. The van der Waals surface area contributed by atoms with Crippen molar-refractivity contribution in [3.8, 4) is 5.88 Å². The summed E-state index contributed by atoms with van der Waals surface area (Å²) in [5, 5.41) is 13.1. The lowest BCUT2D eigenvalue weighted by Gasteiger charge is -2.10. The van der Waals surface area contributed by atoms with Gasteiger partial charge in [0.05, 0.1) is 19.2 Å². The predicted octanol–water partition coefficient (Wildman–Crippen LogP) is 0.581. The molecular formula is C13H13N3O4. The summed E-state index contributed by atoms with van der Waals surface area (Å²) in [4.78, 5) is 23.0. The quantitative estimate of drug-likeness (QED) is 0.790. The van der Waals surface area contributed by atoms with Gasteiger partial charge in [0.2, 0.25) is 5.88 Å². The SMILES string of the molecule is COc1ccc(=O)n(Cc2cccc(N)c2C(=O)O)n1. The summed E-state index contributed by atoms with van der Waals surface area (Å²) in [6, 6.07) is 7.46. The number of methoxy groups -OCH3 is 1. The Bertz CT molecular complexity index is 709. The smallest absolute Gasteiger partial charge is 0.338 e. The molecule has 3 N–H and O–H groups in total. The second-order valence-electron chi connectivity index (χ2n) is 4.06. The lowest BCUT2D eigenvalue weighted by molar-refractivity contribution is 0.0696. The Morgan fingerprint density at radius 1 is 1.40 bits per heavy atom. The normalized spacial score (nSPS) is 10.2. The summed E-state index contributed by atoms with van der Waals surface area (Å²) < 4.78 is 6.06. The number of carboxylic acid groups (broad SMARTS) is 1. The van der Waals surface area contributed by atoms with Crippen molar-refractivity contribution in [3.63, 3.8) is 0 Å². The highest BCUT2D eigenvalue weighted by atomic mass is 16.5. The molecule has 0 spiro atoms. The maximum Gasteiger partial charge on any atom is 0.338 e. The van der Waals surface area contributed by atoms with Crippen molar-refractivity contribution in [3.05, 3.63) is 51.8 Å². The minimum absolute atomic E-state index is 0.00269. The van der Waals surface area contributed by atoms with Crippen molar-refractivity contribution in [2.75, 3.05) is 12.8 Å². The van der Waals surface area contributed by atoms with Crippen molar-refractivity contribution < 1.29 is 14.6 Å². The third kappa shape index (κ3) is 2.61. The lowest BCUT2D eigenvalue weighted by atomic mass is 10.1. The molecule has 0 unspecified atom stereocenters. The van der Waals surface area contributed by atoms with Crippen molar-refractivity contribution in [1.29, 1.82) is 0 Å². The Kier molecular flexibility index (Phi) is 3.69. The number of aromatic carboxylic acids is 1. The highest BCUT2D eigenvalue weighted by Crippen LogP contribution is 2.17. The monoisotopic (exact) mass is 275 g/mol. The third-order valence-electron chi connectivity index (χ3n) is 2.77. The van der Waals surface area contributed by atoms with Gasteiger partial charge in [-0.3, -0.25) is 4.79 Å². The third-order valence-corrected chi connectivity index (χ3v) is 2.77. The van der Waals surface area contributed by atoms with Gasteiger partial charge in [0, 0.05) is 17.8 Å². The van der Waals surface area contributed by atoms with Crippen molar-refractivity contribution in [1.82, 2.24) is 9.78 Å². The molecule has 0 saturated heterocycles. The van der Waals surface area contributed by atoms with E-state index in [1.807, 2.05) is 0 Å². The summed E-state index contributed by atoms with van der Waals surface area (Å²) >= 11 is 0. The number of ether oxygens (including phenoxy) is 1. The molecule has 7 heteroatoms. The number of hydrogen-bond donors (Lipinski definition) is 2. The first kappa shape index (κ1) is 13.6. The van der Waals surface area contributed by atoms with E-state index in [4.69, 9.17) is 10.5 Å². The first-order valence-electron chi connectivity index (χ1n) is 5.75. The Morgan fingerprint density at radius 2 is 2.15 bits per heavy atom. The van der Waals surface area contributed by atoms with E-state index >= 15 is 0 Å². The number of aromatic nitrogens is 2. The number of nitrogens with zero attached hydrogens (tertiary/aromatic N) is 2. The summed E-state index contributed by atoms with van der Waals surface area (Å²) in [5.74, 6) is -0.876. The van der Waals surface area contributed by atoms with Crippen LogP contribution in [0.3, 0.4) is 0 Å². The molecule has 0 bridgehead atoms. The van der Waals surface area contributed by atoms with Crippen LogP contribution < -0.4 is 16.0 Å². The van der Waals surface area contributed by atoms with Gasteiger partial charge in [0.1, 0.15) is 0 Å². The highest BCUT2D eigenvalue weighted by Gasteiger charge is 2.14. The fraction of sp³-hybridized carbons (Fsp3) is 0.154. The van der Waals surface area contributed by atoms with Gasteiger partial charge in [-0.2, -0.15) is 0 Å². The topological polar surface area (TPSA) is 107 Å². The van der Waals surface area contributed by atoms with Crippen LogP contribution in [0.5, 0.6) is 5.88 Å². The molecule has 0 atom stereocenters. The van der Waals surface area contributed by atoms with Crippen molar-refractivity contribution >= 4 is 11.7 Å². The number of carboxylic acids is 1. The number of anilines is 1. The molecule has 1 aromatic carbocycles. The van der Waals surface area contributed by atoms with Crippen LogP contribution >= 0.6 is 0 Å². The molecule has 0 saturated carbocycles. The lowest BCUT2D eigenvalue weighted by Crippen LogP contribution is -2.24. The first-order valence-corrected chi connectivity index (χ1v) is 5.75. The van der Waals surface area contributed by atoms with Crippen LogP contribution in [0, 0.1) is 0 Å². The van der Waals surface area contributed by atoms with Gasteiger partial charge in [0.25, 0.3) is 5.56 Å². The van der Waals surface area contributed by atoms with Crippen LogP contribution in [0.25, 0.3) is 0 Å². The van der Waals surface area contributed by atoms with E-state index in [2.05, 4.69) is 5.10 Å². The summed E-state index contributed by atoms with van der Waals surface area (Å²) in [6.07, 6.45) is 0. The molecule has 0 aliphatic heterocycles. The van der Waals surface area contributed by atoms with E-state index in [1.54, 1.807) is 12.1 Å². The molecule has 2 rings (SSSR count). The van der Waals surface area contributed by atoms with E-state index < -0.39 is 5.97 Å². The summed E-state index contributed by atoms with van der Waals surface area (Å²) in [5.41, 5.74) is 5.82. The fourth-order valence-electron chi connectivity index (χ4n) is 1.83. The van der Waals surface area contributed by atoms with Crippen LogP contribution in [0.4, 0.5) is 5.69 Å². The molecular weight excluding hydrogens is 262 g/mol. The maximum absolute atomic E-state index is 11.7. The molecule has 0 aliphatic rings. The summed E-state index contributed by atoms with van der Waals surface area (Å²) in [7, 11) is 1.43. The average molecular weight is 275 g/mol. The van der Waals surface area contributed by atoms with Gasteiger partial charge in [-0.15, -0.1) is 5.10 Å². The van der Waals surface area contributed by atoms with Gasteiger partial charge in [-0.05, 0) is 11.6 Å². The van der Waals surface area contributed by atoms with Gasteiger partial charge in [-0.1, -0.05) is 12.1 Å². The second-order valence-corrected chi connectivity index (χ2v) is 4.06. The van der Waals surface area contributed by atoms with Crippen LogP contribution in [-0.2, 0) is 6.54 Å². The van der Waals surface area contributed by atoms with E-state index in [1.165, 1.54) is 25.3 Å². The molecule has 1 aromatic heterocycles. The van der Waals surface area contributed by atoms with Crippen LogP contribution in [0.1, 0.15) is 15.9 Å². The molecule has 0 aliphatic carbocycles. The predicted molar refractivity (Wildman–Crippen MR) is 72.0 cm³/mol. The molecule has 2 aromatic rings. The standard InChI is InChI=1S/C13H13N3O4/c1-20-10-5-6-11(17)16(15-10)7-8-3-2-4-9(14)12(8)13(18)19/h2-6H,7,14H2,1H3,(H,18,19). The van der Waals surface area contributed by atoms with Gasteiger partial charge < -0.3 is 15.6 Å². The van der Waals surface area contributed by atoms with Gasteiger partial charge in [0.15, 0.2) is 0 Å². The Balaban J connectivity index is 2.48. The highest BCUT2D eigenvalue weighted by molar-refractivity contribution is 5.95. The van der Waals surface area contributed by atoms with Crippen LogP contribution in [0.15, 0.2) is 35.1 Å². The minimum Gasteiger partial charge on any atom is -0.480 e. The summed E-state index contributed by atoms with van der Waals surface area (Å²) in [6.45, 7) is 0.00269. The molecule has 0 amide bonds. The zero-order valence-electron chi connectivity index (χ0n) is 10.7. The Hall–Kier alpha value is -2.83. The second kappa shape index (κ2) is 5.43. The number of rotatable bonds is 4. The first-order chi connectivity index (χ1) is 9.52. The van der Waals surface area contributed by atoms with Crippen LogP contribution in [-0.4, -0.2) is 28.0 Å². The van der Waals surface area contributed by atoms with E-state index in [0.29, 0.717) is 5.56 Å². The number of nitrogen functional groups attached to an aromatic ring is 1. The van der Waals surface area contributed by atoms with E-state index in [-0.39, 0.29) is 29.2 Å². The molecule has 104 valence electrons. The van der Waals surface area contributed by atoms with Gasteiger partial charge >= 0.3 is 5.97 Å². The zero-order chi connectivity index (χ0) is 14.7. The minimum atomic E-state index is -1.14. The number of nitrogens with two attached hydrogens (primary N) is 1. The number of benzene rings is 1. The van der Waals surface area contributed by atoms with Crippen molar-refractivity contribution in [2.45, 2.75) is 6.54 Å². The molecule has 0 radical (unpaired) electrons.